The van der Waals surface area contributed by atoms with Crippen molar-refractivity contribution < 1.29 is 0 Å². The van der Waals surface area contributed by atoms with E-state index in [1.165, 1.54) is 5.57 Å². The van der Waals surface area contributed by atoms with E-state index in [-0.39, 0.29) is 0 Å². The maximum Gasteiger partial charge on any atom is 0.0592 e. The standard InChI is InChI=1S/C8H12N2/c1-8(2)4-7-10-6-3-5-9-10/h3-6H,7H2,1-2H3. The molecule has 0 saturated heterocycles. The SMILES string of the molecule is CC(C)=CCn1cccn1. The smallest absolute Gasteiger partial charge is 0.0592 e. The van der Waals surface area contributed by atoms with Crippen molar-refractivity contribution in [3.05, 3.63) is 30.1 Å². The molecule has 2 nitrogen and oxygen atoms in total. The molecule has 1 heterocycles. The van der Waals surface area contributed by atoms with E-state index >= 15 is 0 Å². The van der Waals surface area contributed by atoms with Crippen LogP contribution >= 0.6 is 0 Å². The van der Waals surface area contributed by atoms with Crippen molar-refractivity contribution in [3.63, 3.8) is 0 Å². The maximum atomic E-state index is 4.06. The number of hydrogen-bond acceptors (Lipinski definition) is 1. The molecule has 0 spiro atoms. The third kappa shape index (κ3) is 2.05. The lowest BCUT2D eigenvalue weighted by atomic mass is 10.3. The second-order valence-electron chi connectivity index (χ2n) is 2.51. The summed E-state index contributed by atoms with van der Waals surface area (Å²) in [6.07, 6.45) is 5.89. The number of hydrogen-bond donors (Lipinski definition) is 0. The summed E-state index contributed by atoms with van der Waals surface area (Å²) in [5.74, 6) is 0. The van der Waals surface area contributed by atoms with Crippen LogP contribution in [0, 0.1) is 0 Å². The van der Waals surface area contributed by atoms with Crippen LogP contribution in [0.5, 0.6) is 0 Å². The maximum absolute atomic E-state index is 4.06. The van der Waals surface area contributed by atoms with Crippen LogP contribution in [-0.4, -0.2) is 9.78 Å². The van der Waals surface area contributed by atoms with Crippen LogP contribution in [0.1, 0.15) is 13.8 Å². The van der Waals surface area contributed by atoms with Crippen LogP contribution in [0.3, 0.4) is 0 Å². The Hall–Kier alpha value is -1.05. The molecule has 0 unspecified atom stereocenters. The van der Waals surface area contributed by atoms with Gasteiger partial charge in [0.2, 0.25) is 0 Å². The molecule has 0 aliphatic rings. The number of nitrogens with zero attached hydrogens (tertiary/aromatic N) is 2. The summed E-state index contributed by atoms with van der Waals surface area (Å²) in [6.45, 7) is 5.06. The van der Waals surface area contributed by atoms with Gasteiger partial charge in [-0.1, -0.05) is 11.6 Å². The second kappa shape index (κ2) is 3.20. The van der Waals surface area contributed by atoms with Gasteiger partial charge in [-0.05, 0) is 19.9 Å². The monoisotopic (exact) mass is 136 g/mol. The van der Waals surface area contributed by atoms with E-state index in [4.69, 9.17) is 0 Å². The Morgan fingerprint density at radius 2 is 2.40 bits per heavy atom. The fourth-order valence-corrected chi connectivity index (χ4v) is 0.685. The van der Waals surface area contributed by atoms with Crippen molar-refractivity contribution >= 4 is 0 Å². The first kappa shape index (κ1) is 7.06. The zero-order chi connectivity index (χ0) is 7.40. The Labute approximate surface area is 61.2 Å². The molecule has 0 saturated carbocycles. The van der Waals surface area contributed by atoms with E-state index < -0.39 is 0 Å². The highest BCUT2D eigenvalue weighted by atomic mass is 15.3. The molecule has 1 rings (SSSR count). The van der Waals surface area contributed by atoms with Gasteiger partial charge in [0, 0.05) is 12.4 Å². The second-order valence-corrected chi connectivity index (χ2v) is 2.51. The molecule has 0 N–H and O–H groups in total. The zero-order valence-corrected chi connectivity index (χ0v) is 6.41. The van der Waals surface area contributed by atoms with Gasteiger partial charge in [-0.2, -0.15) is 5.10 Å². The van der Waals surface area contributed by atoms with E-state index in [9.17, 15) is 0 Å². The highest BCUT2D eigenvalue weighted by molar-refractivity contribution is 4.93. The highest BCUT2D eigenvalue weighted by Gasteiger charge is 1.83. The Kier molecular flexibility index (Phi) is 2.26. The highest BCUT2D eigenvalue weighted by Crippen LogP contribution is 1.91. The molecule has 10 heavy (non-hydrogen) atoms. The summed E-state index contributed by atoms with van der Waals surface area (Å²) >= 11 is 0. The molecule has 0 radical (unpaired) electrons. The van der Waals surface area contributed by atoms with Crippen LogP contribution in [0.2, 0.25) is 0 Å². The first-order chi connectivity index (χ1) is 4.79. The van der Waals surface area contributed by atoms with Crippen LogP contribution in [0.4, 0.5) is 0 Å². The van der Waals surface area contributed by atoms with Gasteiger partial charge in [-0.15, -0.1) is 0 Å². The van der Waals surface area contributed by atoms with E-state index in [0.717, 1.165) is 6.54 Å². The lowest BCUT2D eigenvalue weighted by Crippen LogP contribution is -1.94. The van der Waals surface area contributed by atoms with Crippen LogP contribution in [-0.2, 0) is 6.54 Å². The fraction of sp³-hybridized carbons (Fsp3) is 0.375. The summed E-state index contributed by atoms with van der Waals surface area (Å²) in [5, 5.41) is 4.06. The minimum absolute atomic E-state index is 0.884. The molecule has 0 aliphatic heterocycles. The average molecular weight is 136 g/mol. The zero-order valence-electron chi connectivity index (χ0n) is 6.41. The molecule has 0 atom stereocenters. The van der Waals surface area contributed by atoms with Crippen LogP contribution in [0.15, 0.2) is 30.1 Å². The Morgan fingerprint density at radius 1 is 1.60 bits per heavy atom. The molecule has 54 valence electrons. The van der Waals surface area contributed by atoms with Gasteiger partial charge in [0.25, 0.3) is 0 Å². The first-order valence-electron chi connectivity index (χ1n) is 3.40. The average Bonchev–Trinajstić information content (AvgIpc) is 2.34. The van der Waals surface area contributed by atoms with Crippen molar-refractivity contribution in [1.29, 1.82) is 0 Å². The van der Waals surface area contributed by atoms with Gasteiger partial charge in [0.05, 0.1) is 6.54 Å². The van der Waals surface area contributed by atoms with E-state index in [2.05, 4.69) is 25.0 Å². The third-order valence-corrected chi connectivity index (χ3v) is 1.25. The molecule has 1 aromatic heterocycles. The fourth-order valence-electron chi connectivity index (χ4n) is 0.685. The van der Waals surface area contributed by atoms with Gasteiger partial charge in [0.15, 0.2) is 0 Å². The summed E-state index contributed by atoms with van der Waals surface area (Å²) in [6, 6.07) is 1.93. The predicted octanol–water partition coefficient (Wildman–Crippen LogP) is 1.85. The normalized spacial score (nSPS) is 9.40. The van der Waals surface area contributed by atoms with Crippen molar-refractivity contribution in [1.82, 2.24) is 9.78 Å². The molecule has 0 aromatic carbocycles. The number of rotatable bonds is 2. The molecular weight excluding hydrogens is 124 g/mol. The topological polar surface area (TPSA) is 17.8 Å². The molecule has 0 amide bonds. The lowest BCUT2D eigenvalue weighted by Gasteiger charge is -1.93. The number of aromatic nitrogens is 2. The summed E-state index contributed by atoms with van der Waals surface area (Å²) in [5.41, 5.74) is 1.33. The molecule has 0 aliphatic carbocycles. The summed E-state index contributed by atoms with van der Waals surface area (Å²) in [4.78, 5) is 0. The van der Waals surface area contributed by atoms with Gasteiger partial charge in [0.1, 0.15) is 0 Å². The third-order valence-electron chi connectivity index (χ3n) is 1.25. The van der Waals surface area contributed by atoms with Gasteiger partial charge >= 0.3 is 0 Å². The van der Waals surface area contributed by atoms with Gasteiger partial charge in [-0.25, -0.2) is 0 Å². The lowest BCUT2D eigenvalue weighted by molar-refractivity contribution is 0.699. The minimum Gasteiger partial charge on any atom is -0.269 e. The Morgan fingerprint density at radius 3 is 2.90 bits per heavy atom. The largest absolute Gasteiger partial charge is 0.269 e. The van der Waals surface area contributed by atoms with Gasteiger partial charge < -0.3 is 0 Å². The van der Waals surface area contributed by atoms with E-state index in [1.54, 1.807) is 6.20 Å². The molecular formula is C8H12N2. The summed E-state index contributed by atoms with van der Waals surface area (Å²) < 4.78 is 1.90. The van der Waals surface area contributed by atoms with Crippen molar-refractivity contribution in [3.8, 4) is 0 Å². The minimum atomic E-state index is 0.884. The summed E-state index contributed by atoms with van der Waals surface area (Å²) in [7, 11) is 0. The van der Waals surface area contributed by atoms with Crippen LogP contribution in [0.25, 0.3) is 0 Å². The van der Waals surface area contributed by atoms with Crippen LogP contribution < -0.4 is 0 Å². The first-order valence-corrected chi connectivity index (χ1v) is 3.40. The quantitative estimate of drug-likeness (QED) is 0.567. The van der Waals surface area contributed by atoms with Crippen molar-refractivity contribution in [2.75, 3.05) is 0 Å². The van der Waals surface area contributed by atoms with Gasteiger partial charge in [-0.3, -0.25) is 4.68 Å². The number of allylic oxidation sites excluding steroid dienone is 2. The van der Waals surface area contributed by atoms with Crippen molar-refractivity contribution in [2.24, 2.45) is 0 Å². The van der Waals surface area contributed by atoms with E-state index in [0.29, 0.717) is 0 Å². The van der Waals surface area contributed by atoms with Crippen molar-refractivity contribution in [2.45, 2.75) is 20.4 Å². The molecule has 2 heteroatoms. The Balaban J connectivity index is 2.49. The molecule has 1 aromatic rings. The van der Waals surface area contributed by atoms with E-state index in [1.807, 2.05) is 16.9 Å². The Bertz CT molecular complexity index is 205. The molecule has 0 bridgehead atoms. The molecule has 0 fully saturated rings. The predicted molar refractivity (Wildman–Crippen MR) is 41.7 cm³/mol.